The van der Waals surface area contributed by atoms with E-state index in [2.05, 4.69) is 24.8 Å². The van der Waals surface area contributed by atoms with E-state index in [1.54, 1.807) is 36.8 Å². The van der Waals surface area contributed by atoms with Gasteiger partial charge in [-0.2, -0.15) is 8.78 Å². The number of imidazole rings is 1. The Labute approximate surface area is 150 Å². The van der Waals surface area contributed by atoms with Gasteiger partial charge in [-0.1, -0.05) is 12.1 Å². The Morgan fingerprint density at radius 1 is 1.04 bits per heavy atom. The fraction of sp³-hybridized carbons (Fsp3) is 0.389. The highest BCUT2D eigenvalue weighted by Gasteiger charge is 2.28. The van der Waals surface area contributed by atoms with Crippen molar-refractivity contribution in [2.45, 2.75) is 19.5 Å². The summed E-state index contributed by atoms with van der Waals surface area (Å²) in [5.41, 5.74) is 1.08. The lowest BCUT2D eigenvalue weighted by atomic mass is 10.2. The maximum absolute atomic E-state index is 13.7. The maximum atomic E-state index is 13.7. The molecule has 1 aromatic carbocycles. The van der Waals surface area contributed by atoms with Gasteiger partial charge in [0.25, 0.3) is 0 Å². The largest absolute Gasteiger partial charge is 0.353 e. The number of fused-ring (bicyclic) bond motifs is 1. The molecule has 2 aromatic heterocycles. The van der Waals surface area contributed by atoms with Crippen LogP contribution in [0.15, 0.2) is 42.9 Å². The van der Waals surface area contributed by atoms with Gasteiger partial charge in [0.05, 0.1) is 23.3 Å². The zero-order valence-electron chi connectivity index (χ0n) is 14.5. The fourth-order valence-electron chi connectivity index (χ4n) is 3.52. The topological polar surface area (TPSA) is 50.1 Å². The average Bonchev–Trinajstić information content (AvgIpc) is 3.08. The van der Waals surface area contributed by atoms with Crippen molar-refractivity contribution in [3.05, 3.63) is 48.7 Å². The zero-order chi connectivity index (χ0) is 18.1. The molecule has 3 aromatic rings. The van der Waals surface area contributed by atoms with Crippen LogP contribution >= 0.6 is 0 Å². The average molecular weight is 358 g/mol. The zero-order valence-corrected chi connectivity index (χ0v) is 14.5. The third-order valence-corrected chi connectivity index (χ3v) is 4.93. The van der Waals surface area contributed by atoms with E-state index < -0.39 is 6.55 Å². The fourth-order valence-corrected chi connectivity index (χ4v) is 3.52. The number of rotatable bonds is 4. The third-order valence-electron chi connectivity index (χ3n) is 4.93. The molecule has 0 radical (unpaired) electrons. The molecule has 0 bridgehead atoms. The highest BCUT2D eigenvalue weighted by atomic mass is 19.3. The Hall–Kier alpha value is -2.61. The van der Waals surface area contributed by atoms with Crippen LogP contribution in [0.25, 0.3) is 11.0 Å². The molecule has 6 nitrogen and oxygen atoms in total. The van der Waals surface area contributed by atoms with Gasteiger partial charge in [0.1, 0.15) is 11.6 Å². The van der Waals surface area contributed by atoms with Crippen molar-refractivity contribution in [1.29, 1.82) is 0 Å². The first kappa shape index (κ1) is 16.8. The number of anilines is 1. The highest BCUT2D eigenvalue weighted by molar-refractivity contribution is 5.76. The summed E-state index contributed by atoms with van der Waals surface area (Å²) in [5, 5.41) is 0. The number of aromatic nitrogens is 4. The van der Waals surface area contributed by atoms with Crippen LogP contribution in [-0.2, 0) is 0 Å². The van der Waals surface area contributed by atoms with Gasteiger partial charge in [0, 0.05) is 38.6 Å². The summed E-state index contributed by atoms with van der Waals surface area (Å²) >= 11 is 0. The summed E-state index contributed by atoms with van der Waals surface area (Å²) in [6.45, 7) is 2.39. The number of hydrogen-bond acceptors (Lipinski definition) is 5. The van der Waals surface area contributed by atoms with E-state index >= 15 is 0 Å². The van der Waals surface area contributed by atoms with Crippen molar-refractivity contribution in [2.24, 2.45) is 0 Å². The predicted octanol–water partition coefficient (Wildman–Crippen LogP) is 3.10. The van der Waals surface area contributed by atoms with Crippen LogP contribution in [0.3, 0.4) is 0 Å². The molecule has 8 heteroatoms. The van der Waals surface area contributed by atoms with Crippen LogP contribution < -0.4 is 4.90 Å². The van der Waals surface area contributed by atoms with E-state index in [0.717, 1.165) is 36.6 Å². The van der Waals surface area contributed by atoms with E-state index in [1.807, 2.05) is 13.0 Å². The molecule has 0 N–H and O–H groups in total. The summed E-state index contributed by atoms with van der Waals surface area (Å²) in [6, 6.07) is 6.85. The number of nitrogens with zero attached hydrogens (tertiary/aromatic N) is 6. The van der Waals surface area contributed by atoms with Crippen LogP contribution in [0.4, 0.5) is 14.6 Å². The predicted molar refractivity (Wildman–Crippen MR) is 95.2 cm³/mol. The summed E-state index contributed by atoms with van der Waals surface area (Å²) in [5.74, 6) is 1.26. The Balaban J connectivity index is 1.55. The quantitative estimate of drug-likeness (QED) is 0.717. The minimum atomic E-state index is -2.61. The second kappa shape index (κ2) is 6.95. The van der Waals surface area contributed by atoms with Crippen molar-refractivity contribution < 1.29 is 8.78 Å². The second-order valence-corrected chi connectivity index (χ2v) is 6.37. The number of hydrogen-bond donors (Lipinski definition) is 0. The monoisotopic (exact) mass is 358 g/mol. The number of benzene rings is 1. The van der Waals surface area contributed by atoms with Gasteiger partial charge >= 0.3 is 6.55 Å². The molecule has 0 spiro atoms. The van der Waals surface area contributed by atoms with Crippen molar-refractivity contribution >= 4 is 16.9 Å². The Morgan fingerprint density at radius 3 is 2.50 bits per heavy atom. The Kier molecular flexibility index (Phi) is 4.50. The molecule has 3 heterocycles. The normalized spacial score (nSPS) is 17.2. The molecule has 136 valence electrons. The van der Waals surface area contributed by atoms with Crippen LogP contribution in [-0.4, -0.2) is 50.6 Å². The number of piperazine rings is 1. The van der Waals surface area contributed by atoms with E-state index in [4.69, 9.17) is 0 Å². The molecule has 1 atom stereocenters. The highest BCUT2D eigenvalue weighted by Crippen LogP contribution is 2.30. The van der Waals surface area contributed by atoms with Crippen molar-refractivity contribution in [3.63, 3.8) is 0 Å². The van der Waals surface area contributed by atoms with E-state index in [-0.39, 0.29) is 6.04 Å². The molecule has 1 saturated heterocycles. The smallest absolute Gasteiger partial charge is 0.320 e. The molecule has 1 fully saturated rings. The maximum Gasteiger partial charge on any atom is 0.320 e. The summed E-state index contributed by atoms with van der Waals surface area (Å²) in [7, 11) is 0. The molecule has 0 saturated carbocycles. The van der Waals surface area contributed by atoms with Gasteiger partial charge < -0.3 is 4.90 Å². The first-order valence-corrected chi connectivity index (χ1v) is 8.65. The molecule has 0 amide bonds. The molecular weight excluding hydrogens is 338 g/mol. The van der Waals surface area contributed by atoms with Gasteiger partial charge in [0.15, 0.2) is 0 Å². The lowest BCUT2D eigenvalue weighted by Crippen LogP contribution is -2.47. The first-order valence-electron chi connectivity index (χ1n) is 8.65. The standard InChI is InChI=1S/C18H20F2N6/c1-13(17-23-14-4-2-3-5-15(14)26(17)18(19)20)24-8-10-25(11-9-24)16-12-21-6-7-22-16/h2-7,12-13,18H,8-11H2,1H3/t13-/m1/s1. The lowest BCUT2D eigenvalue weighted by molar-refractivity contribution is 0.0641. The van der Waals surface area contributed by atoms with Gasteiger partial charge in [-0.25, -0.2) is 9.97 Å². The van der Waals surface area contributed by atoms with Gasteiger partial charge in [-0.3, -0.25) is 14.5 Å². The van der Waals surface area contributed by atoms with Crippen LogP contribution in [0, 0.1) is 0 Å². The molecule has 1 aliphatic heterocycles. The third kappa shape index (κ3) is 3.01. The molecule has 0 unspecified atom stereocenters. The summed E-state index contributed by atoms with van der Waals surface area (Å²) in [4.78, 5) is 17.3. The minimum absolute atomic E-state index is 0.194. The summed E-state index contributed by atoms with van der Waals surface area (Å²) < 4.78 is 28.4. The molecular formula is C18H20F2N6. The minimum Gasteiger partial charge on any atom is -0.353 e. The second-order valence-electron chi connectivity index (χ2n) is 6.37. The van der Waals surface area contributed by atoms with Crippen LogP contribution in [0.2, 0.25) is 0 Å². The molecule has 1 aliphatic rings. The Morgan fingerprint density at radius 2 is 1.81 bits per heavy atom. The number of halogens is 2. The molecule has 26 heavy (non-hydrogen) atoms. The Bertz CT molecular complexity index is 874. The van der Waals surface area contributed by atoms with Gasteiger partial charge in [0.2, 0.25) is 0 Å². The van der Waals surface area contributed by atoms with Crippen LogP contribution in [0.1, 0.15) is 25.3 Å². The van der Waals surface area contributed by atoms with E-state index in [0.29, 0.717) is 16.9 Å². The van der Waals surface area contributed by atoms with Crippen molar-refractivity contribution in [1.82, 2.24) is 24.4 Å². The van der Waals surface area contributed by atoms with Crippen LogP contribution in [0.5, 0.6) is 0 Å². The molecule has 0 aliphatic carbocycles. The number of alkyl halides is 2. The number of para-hydroxylation sites is 2. The summed E-state index contributed by atoms with van der Waals surface area (Å²) in [6.07, 6.45) is 5.07. The van der Waals surface area contributed by atoms with Crippen molar-refractivity contribution in [3.8, 4) is 0 Å². The van der Waals surface area contributed by atoms with Gasteiger partial charge in [-0.05, 0) is 19.1 Å². The lowest BCUT2D eigenvalue weighted by Gasteiger charge is -2.38. The molecule has 4 rings (SSSR count). The first-order chi connectivity index (χ1) is 12.6. The van der Waals surface area contributed by atoms with Gasteiger partial charge in [-0.15, -0.1) is 0 Å². The SMILES string of the molecule is C[C@H](c1nc2ccccc2n1C(F)F)N1CCN(c2cnccn2)CC1. The van der Waals surface area contributed by atoms with Crippen molar-refractivity contribution in [2.75, 3.05) is 31.1 Å². The van der Waals surface area contributed by atoms with E-state index in [9.17, 15) is 8.78 Å². The van der Waals surface area contributed by atoms with E-state index in [1.165, 1.54) is 0 Å².